The number of H-pyrrole nitrogens is 1. The number of carbonyl (C=O) groups is 1. The van der Waals surface area contributed by atoms with Gasteiger partial charge in [0.2, 0.25) is 10.0 Å². The zero-order valence-electron chi connectivity index (χ0n) is 29.8. The summed E-state index contributed by atoms with van der Waals surface area (Å²) in [4.78, 5) is 19.6. The Bertz CT molecular complexity index is 1790. The van der Waals surface area contributed by atoms with Crippen molar-refractivity contribution < 1.29 is 13.2 Å². The molecule has 2 heterocycles. The highest BCUT2D eigenvalue weighted by Crippen LogP contribution is 2.36. The van der Waals surface area contributed by atoms with Crippen LogP contribution in [0.25, 0.3) is 22.2 Å². The van der Waals surface area contributed by atoms with Crippen LogP contribution < -0.4 is 10.0 Å². The van der Waals surface area contributed by atoms with Crippen molar-refractivity contribution in [2.45, 2.75) is 104 Å². The Morgan fingerprint density at radius 3 is 2.10 bits per heavy atom. The molecule has 1 aliphatic heterocycles. The van der Waals surface area contributed by atoms with Crippen LogP contribution in [-0.2, 0) is 22.9 Å². The van der Waals surface area contributed by atoms with Gasteiger partial charge in [-0.1, -0.05) is 45.9 Å². The number of aromatic amines is 1. The lowest BCUT2D eigenvalue weighted by Gasteiger charge is -2.26. The molecule has 4 aromatic rings. The van der Waals surface area contributed by atoms with E-state index in [0.717, 1.165) is 80.0 Å². The molecule has 1 amide bonds. The van der Waals surface area contributed by atoms with Gasteiger partial charge in [0.1, 0.15) is 0 Å². The molecule has 8 heteroatoms. The van der Waals surface area contributed by atoms with E-state index in [-0.39, 0.29) is 18.0 Å². The zero-order valence-corrected chi connectivity index (χ0v) is 30.6. The van der Waals surface area contributed by atoms with Crippen LogP contribution in [0.5, 0.6) is 0 Å². The number of likely N-dealkylation sites (tertiary alicyclic amines) is 1. The molecule has 2 unspecified atom stereocenters. The fraction of sp³-hybridized carbons (Fsp3) is 0.475. The molecule has 2 atom stereocenters. The predicted molar refractivity (Wildman–Crippen MR) is 201 cm³/mol. The molecule has 1 fully saturated rings. The molecule has 1 aromatic heterocycles. The van der Waals surface area contributed by atoms with Gasteiger partial charge in [0, 0.05) is 39.9 Å². The maximum atomic E-state index is 13.7. The third-order valence-electron chi connectivity index (χ3n) is 9.82. The summed E-state index contributed by atoms with van der Waals surface area (Å²) in [6.07, 6.45) is 7.16. The minimum atomic E-state index is -3.27. The van der Waals surface area contributed by atoms with Crippen molar-refractivity contribution in [3.8, 4) is 11.3 Å². The molecular weight excluding hydrogens is 617 g/mol. The van der Waals surface area contributed by atoms with Crippen molar-refractivity contribution in [1.82, 2.24) is 15.2 Å². The first-order valence-corrected chi connectivity index (χ1v) is 19.6. The van der Waals surface area contributed by atoms with Crippen molar-refractivity contribution in [3.63, 3.8) is 0 Å². The van der Waals surface area contributed by atoms with Crippen LogP contribution in [0.4, 0.5) is 5.69 Å². The predicted octanol–water partition coefficient (Wildman–Crippen LogP) is 8.62. The SMILES string of the molecule is CC(C)c1cc(-c2[nH]c3ccc(C(=O)N4C(C)CCC4C)cc3c2CCNCCCCc2ccc(NS(C)(=O)=O)cc2)cc(C(C)C)c1. The van der Waals surface area contributed by atoms with Crippen molar-refractivity contribution in [1.29, 1.82) is 0 Å². The van der Waals surface area contributed by atoms with Gasteiger partial charge in [-0.15, -0.1) is 0 Å². The van der Waals surface area contributed by atoms with E-state index in [0.29, 0.717) is 17.5 Å². The Balaban J connectivity index is 1.32. The summed E-state index contributed by atoms with van der Waals surface area (Å²) in [6, 6.07) is 21.4. The van der Waals surface area contributed by atoms with E-state index in [1.807, 2.05) is 30.3 Å². The lowest BCUT2D eigenvalue weighted by Crippen LogP contribution is -2.38. The molecule has 3 aromatic carbocycles. The number of aryl methyl sites for hydroxylation is 1. The number of hydrogen-bond acceptors (Lipinski definition) is 4. The van der Waals surface area contributed by atoms with Crippen molar-refractivity contribution in [3.05, 3.63) is 88.5 Å². The molecule has 1 saturated heterocycles. The number of nitrogens with zero attached hydrogens (tertiary/aromatic N) is 1. The second-order valence-electron chi connectivity index (χ2n) is 14.5. The fourth-order valence-corrected chi connectivity index (χ4v) is 7.55. The number of carbonyl (C=O) groups excluding carboxylic acids is 1. The molecule has 0 bridgehead atoms. The van der Waals surface area contributed by atoms with E-state index in [1.54, 1.807) is 0 Å². The first-order valence-electron chi connectivity index (χ1n) is 17.7. The van der Waals surface area contributed by atoms with Gasteiger partial charge in [0.25, 0.3) is 5.91 Å². The van der Waals surface area contributed by atoms with Gasteiger partial charge >= 0.3 is 0 Å². The molecular formula is C40H54N4O3S. The van der Waals surface area contributed by atoms with E-state index in [1.165, 1.54) is 27.8 Å². The van der Waals surface area contributed by atoms with Gasteiger partial charge in [-0.25, -0.2) is 8.42 Å². The highest BCUT2D eigenvalue weighted by atomic mass is 32.2. The van der Waals surface area contributed by atoms with Crippen LogP contribution >= 0.6 is 0 Å². The van der Waals surface area contributed by atoms with Crippen LogP contribution in [0.15, 0.2) is 60.7 Å². The van der Waals surface area contributed by atoms with Crippen LogP contribution in [0.1, 0.15) is 112 Å². The van der Waals surface area contributed by atoms with Crippen molar-refractivity contribution in [2.75, 3.05) is 24.1 Å². The Labute approximate surface area is 288 Å². The molecule has 3 N–H and O–H groups in total. The highest BCUT2D eigenvalue weighted by molar-refractivity contribution is 7.92. The maximum Gasteiger partial charge on any atom is 0.254 e. The summed E-state index contributed by atoms with van der Waals surface area (Å²) in [5, 5.41) is 4.81. The third kappa shape index (κ3) is 8.69. The van der Waals surface area contributed by atoms with Crippen molar-refractivity contribution in [2.24, 2.45) is 0 Å². The Morgan fingerprint density at radius 1 is 0.854 bits per heavy atom. The molecule has 1 aliphatic rings. The number of nitrogens with one attached hydrogen (secondary N) is 3. The van der Waals surface area contributed by atoms with E-state index in [2.05, 4.69) is 91.8 Å². The van der Waals surface area contributed by atoms with Crippen LogP contribution in [0.2, 0.25) is 0 Å². The third-order valence-corrected chi connectivity index (χ3v) is 10.4. The second-order valence-corrected chi connectivity index (χ2v) is 16.2. The molecule has 0 aliphatic carbocycles. The summed E-state index contributed by atoms with van der Waals surface area (Å²) < 4.78 is 25.4. The molecule has 0 saturated carbocycles. The molecule has 258 valence electrons. The standard InChI is InChI=1S/C40H54N4O3S/c1-26(2)32-22-33(27(3)4)24-34(23-32)39-36(19-21-41-20-9-8-10-30-13-16-35(17-14-30)43-48(7,46)47)37-25-31(15-18-38(37)42-39)40(45)44-28(5)11-12-29(44)6/h13-18,22-29,41-43H,8-12,19-21H2,1-7H3. The van der Waals surface area contributed by atoms with E-state index in [4.69, 9.17) is 0 Å². The lowest BCUT2D eigenvalue weighted by atomic mass is 9.91. The number of anilines is 1. The summed E-state index contributed by atoms with van der Waals surface area (Å²) in [5.41, 5.74) is 9.92. The fourth-order valence-electron chi connectivity index (χ4n) is 6.99. The normalized spacial score (nSPS) is 16.8. The maximum absolute atomic E-state index is 13.7. The summed E-state index contributed by atoms with van der Waals surface area (Å²) in [7, 11) is -3.27. The topological polar surface area (TPSA) is 94.3 Å². The minimum absolute atomic E-state index is 0.131. The monoisotopic (exact) mass is 670 g/mol. The highest BCUT2D eigenvalue weighted by Gasteiger charge is 2.32. The smallest absolute Gasteiger partial charge is 0.254 e. The number of fused-ring (bicyclic) bond motifs is 1. The average Bonchev–Trinajstić information content (AvgIpc) is 3.58. The number of unbranched alkanes of at least 4 members (excludes halogenated alkanes) is 1. The van der Waals surface area contributed by atoms with E-state index < -0.39 is 10.0 Å². The van der Waals surface area contributed by atoms with Crippen molar-refractivity contribution >= 4 is 32.5 Å². The van der Waals surface area contributed by atoms with E-state index in [9.17, 15) is 13.2 Å². The van der Waals surface area contributed by atoms with Gasteiger partial charge < -0.3 is 15.2 Å². The van der Waals surface area contributed by atoms with Crippen LogP contribution in [0, 0.1) is 0 Å². The molecule has 5 rings (SSSR count). The number of aromatic nitrogens is 1. The van der Waals surface area contributed by atoms with Gasteiger partial charge in [-0.3, -0.25) is 9.52 Å². The molecule has 7 nitrogen and oxygen atoms in total. The quantitative estimate of drug-likeness (QED) is 0.117. The van der Waals surface area contributed by atoms with Crippen LogP contribution in [0.3, 0.4) is 0 Å². The summed E-state index contributed by atoms with van der Waals surface area (Å²) in [5.74, 6) is 0.979. The van der Waals surface area contributed by atoms with Gasteiger partial charge in [0.15, 0.2) is 0 Å². The zero-order chi connectivity index (χ0) is 34.6. The van der Waals surface area contributed by atoms with Crippen LogP contribution in [-0.4, -0.2) is 55.6 Å². The first kappa shape index (κ1) is 35.7. The molecule has 0 radical (unpaired) electrons. The van der Waals surface area contributed by atoms with Gasteiger partial charge in [-0.2, -0.15) is 0 Å². The summed E-state index contributed by atoms with van der Waals surface area (Å²) in [6.45, 7) is 15.1. The largest absolute Gasteiger partial charge is 0.354 e. The molecule has 0 spiro atoms. The molecule has 48 heavy (non-hydrogen) atoms. The number of benzene rings is 3. The number of rotatable bonds is 14. The minimum Gasteiger partial charge on any atom is -0.354 e. The lowest BCUT2D eigenvalue weighted by molar-refractivity contribution is 0.0693. The number of hydrogen-bond donors (Lipinski definition) is 3. The summed E-state index contributed by atoms with van der Waals surface area (Å²) >= 11 is 0. The number of amides is 1. The Kier molecular flexibility index (Phi) is 11.4. The Hall–Kier alpha value is -3.62. The Morgan fingerprint density at radius 2 is 1.50 bits per heavy atom. The first-order chi connectivity index (χ1) is 22.8. The number of sulfonamides is 1. The average molecular weight is 671 g/mol. The van der Waals surface area contributed by atoms with E-state index >= 15 is 0 Å². The van der Waals surface area contributed by atoms with Gasteiger partial charge in [-0.05, 0) is 148 Å². The van der Waals surface area contributed by atoms with Gasteiger partial charge in [0.05, 0.1) is 6.26 Å². The second kappa shape index (κ2) is 15.3.